The zero-order valence-electron chi connectivity index (χ0n) is 19.6. The van der Waals surface area contributed by atoms with Gasteiger partial charge in [-0.3, -0.25) is 0 Å². The number of hydrogen-bond donors (Lipinski definition) is 0. The van der Waals surface area contributed by atoms with Crippen LogP contribution >= 0.6 is 0 Å². The molecule has 0 atom stereocenters. The fraction of sp³-hybridized carbons (Fsp3) is 0. The molecule has 0 aliphatic heterocycles. The second-order valence-electron chi connectivity index (χ2n) is 9.00. The van der Waals surface area contributed by atoms with Crippen molar-refractivity contribution < 1.29 is 4.42 Å². The van der Waals surface area contributed by atoms with Crippen LogP contribution in [0.4, 0.5) is 17.1 Å². The van der Waals surface area contributed by atoms with Gasteiger partial charge in [-0.2, -0.15) is 0 Å². The molecule has 6 aromatic carbocycles. The van der Waals surface area contributed by atoms with Crippen LogP contribution in [0.3, 0.4) is 0 Å². The summed E-state index contributed by atoms with van der Waals surface area (Å²) in [6.45, 7) is 0. The van der Waals surface area contributed by atoms with Crippen molar-refractivity contribution in [2.24, 2.45) is 0 Å². The van der Waals surface area contributed by atoms with Crippen LogP contribution in [0.2, 0.25) is 0 Å². The Hall–Kier alpha value is -4.82. The largest absolute Gasteiger partial charge is 0.456 e. The predicted octanol–water partition coefficient (Wildman–Crippen LogP) is 9.88. The van der Waals surface area contributed by atoms with Crippen LogP contribution in [-0.2, 0) is 0 Å². The van der Waals surface area contributed by atoms with Crippen molar-refractivity contribution in [2.75, 3.05) is 4.90 Å². The van der Waals surface area contributed by atoms with Crippen molar-refractivity contribution in [3.05, 3.63) is 140 Å². The highest BCUT2D eigenvalue weighted by Crippen LogP contribution is 2.43. The fourth-order valence-electron chi connectivity index (χ4n) is 5.21. The molecule has 7 rings (SSSR count). The number of nitrogens with zero attached hydrogens (tertiary/aromatic N) is 1. The zero-order valence-corrected chi connectivity index (χ0v) is 19.6. The molecular weight excluding hydrogens is 438 g/mol. The summed E-state index contributed by atoms with van der Waals surface area (Å²) in [7, 11) is 0. The minimum Gasteiger partial charge on any atom is -0.456 e. The zero-order chi connectivity index (χ0) is 23.9. The van der Waals surface area contributed by atoms with Gasteiger partial charge in [-0.15, -0.1) is 0 Å². The Morgan fingerprint density at radius 1 is 0.472 bits per heavy atom. The molecule has 1 heterocycles. The van der Waals surface area contributed by atoms with Crippen molar-refractivity contribution in [1.29, 1.82) is 0 Å². The molecule has 0 saturated heterocycles. The number of furan rings is 1. The molecule has 2 nitrogen and oxygen atoms in total. The molecule has 0 amide bonds. The molecule has 2 heteroatoms. The van der Waals surface area contributed by atoms with Gasteiger partial charge in [0.15, 0.2) is 0 Å². The van der Waals surface area contributed by atoms with Crippen LogP contribution in [0.5, 0.6) is 0 Å². The Labute approximate surface area is 209 Å². The molecule has 0 N–H and O–H groups in total. The summed E-state index contributed by atoms with van der Waals surface area (Å²) in [5.74, 6) is 0. The lowest BCUT2D eigenvalue weighted by atomic mass is 10.0. The Balaban J connectivity index is 1.51. The molecular formula is C34H23NO. The second kappa shape index (κ2) is 8.44. The van der Waals surface area contributed by atoms with Gasteiger partial charge in [0.1, 0.15) is 11.2 Å². The van der Waals surface area contributed by atoms with Gasteiger partial charge in [-0.1, -0.05) is 97.1 Å². The van der Waals surface area contributed by atoms with Gasteiger partial charge in [-0.05, 0) is 58.8 Å². The maximum absolute atomic E-state index is 6.28. The molecule has 7 aromatic rings. The Morgan fingerprint density at radius 2 is 1.17 bits per heavy atom. The lowest BCUT2D eigenvalue weighted by Gasteiger charge is -2.28. The first-order chi connectivity index (χ1) is 17.9. The summed E-state index contributed by atoms with van der Waals surface area (Å²) >= 11 is 0. The Bertz CT molecular complexity index is 1830. The monoisotopic (exact) mass is 461 g/mol. The van der Waals surface area contributed by atoms with Crippen LogP contribution in [-0.4, -0.2) is 0 Å². The predicted molar refractivity (Wildman–Crippen MR) is 151 cm³/mol. The SMILES string of the molecule is c1ccc(-c2ccccc2N(c2ccccc2)c2ccc3oc4ccc5ccccc5c4c3c2)cc1. The van der Waals surface area contributed by atoms with Crippen molar-refractivity contribution in [1.82, 2.24) is 0 Å². The van der Waals surface area contributed by atoms with Crippen molar-refractivity contribution in [3.63, 3.8) is 0 Å². The second-order valence-corrected chi connectivity index (χ2v) is 9.00. The van der Waals surface area contributed by atoms with E-state index in [1.54, 1.807) is 0 Å². The van der Waals surface area contributed by atoms with E-state index in [0.717, 1.165) is 39.0 Å². The molecule has 1 aromatic heterocycles. The number of rotatable bonds is 4. The summed E-state index contributed by atoms with van der Waals surface area (Å²) < 4.78 is 6.28. The van der Waals surface area contributed by atoms with E-state index in [-0.39, 0.29) is 0 Å². The fourth-order valence-corrected chi connectivity index (χ4v) is 5.21. The highest BCUT2D eigenvalue weighted by molar-refractivity contribution is 6.19. The Morgan fingerprint density at radius 3 is 2.03 bits per heavy atom. The topological polar surface area (TPSA) is 16.4 Å². The van der Waals surface area contributed by atoms with Crippen LogP contribution in [0.25, 0.3) is 43.8 Å². The van der Waals surface area contributed by atoms with E-state index >= 15 is 0 Å². The minimum atomic E-state index is 0.898. The van der Waals surface area contributed by atoms with Gasteiger partial charge in [0.05, 0.1) is 5.69 Å². The van der Waals surface area contributed by atoms with Crippen LogP contribution in [0, 0.1) is 0 Å². The van der Waals surface area contributed by atoms with E-state index < -0.39 is 0 Å². The van der Waals surface area contributed by atoms with Crippen molar-refractivity contribution >= 4 is 49.8 Å². The summed E-state index contributed by atoms with van der Waals surface area (Å²) in [6.07, 6.45) is 0. The number of anilines is 3. The minimum absolute atomic E-state index is 0.898. The summed E-state index contributed by atoms with van der Waals surface area (Å²) in [5.41, 5.74) is 7.52. The van der Waals surface area contributed by atoms with Crippen LogP contribution < -0.4 is 4.90 Å². The highest BCUT2D eigenvalue weighted by atomic mass is 16.3. The van der Waals surface area contributed by atoms with Gasteiger partial charge in [0, 0.05) is 27.7 Å². The molecule has 0 bridgehead atoms. The number of hydrogen-bond acceptors (Lipinski definition) is 2. The molecule has 0 fully saturated rings. The molecule has 0 saturated carbocycles. The van der Waals surface area contributed by atoms with Crippen molar-refractivity contribution in [2.45, 2.75) is 0 Å². The first-order valence-electron chi connectivity index (χ1n) is 12.2. The first-order valence-corrected chi connectivity index (χ1v) is 12.2. The van der Waals surface area contributed by atoms with Crippen molar-refractivity contribution in [3.8, 4) is 11.1 Å². The maximum atomic E-state index is 6.28. The maximum Gasteiger partial charge on any atom is 0.136 e. The normalized spacial score (nSPS) is 11.3. The molecule has 170 valence electrons. The van der Waals surface area contributed by atoms with Gasteiger partial charge >= 0.3 is 0 Å². The molecule has 0 spiro atoms. The lowest BCUT2D eigenvalue weighted by Crippen LogP contribution is -2.11. The lowest BCUT2D eigenvalue weighted by molar-refractivity contribution is 0.669. The molecule has 36 heavy (non-hydrogen) atoms. The number of para-hydroxylation sites is 2. The third-order valence-corrected chi connectivity index (χ3v) is 6.85. The summed E-state index contributed by atoms with van der Waals surface area (Å²) in [5, 5.41) is 4.71. The smallest absolute Gasteiger partial charge is 0.136 e. The molecule has 0 unspecified atom stereocenters. The quantitative estimate of drug-likeness (QED) is 0.259. The van der Waals surface area contributed by atoms with Crippen LogP contribution in [0.1, 0.15) is 0 Å². The van der Waals surface area contributed by atoms with E-state index in [0.29, 0.717) is 0 Å². The number of benzene rings is 6. The van der Waals surface area contributed by atoms with Crippen LogP contribution in [0.15, 0.2) is 144 Å². The summed E-state index contributed by atoms with van der Waals surface area (Å²) in [4.78, 5) is 2.34. The number of fused-ring (bicyclic) bond motifs is 5. The van der Waals surface area contributed by atoms with Gasteiger partial charge in [0.2, 0.25) is 0 Å². The molecule has 0 aliphatic carbocycles. The standard InChI is InChI=1S/C34H23NO/c1-3-11-24(12-4-1)28-16-9-10-18-31(28)35(26-14-5-2-6-15-26)27-20-22-32-30(23-27)34-29-17-8-7-13-25(29)19-21-33(34)36-32/h1-23H. The van der Waals surface area contributed by atoms with E-state index in [2.05, 4.69) is 144 Å². The third-order valence-electron chi connectivity index (χ3n) is 6.85. The Kier molecular flexibility index (Phi) is 4.82. The highest BCUT2D eigenvalue weighted by Gasteiger charge is 2.19. The van der Waals surface area contributed by atoms with Gasteiger partial charge in [-0.25, -0.2) is 0 Å². The average Bonchev–Trinajstić information content (AvgIpc) is 3.33. The summed E-state index contributed by atoms with van der Waals surface area (Å²) in [6, 6.07) is 49.0. The molecule has 0 aliphatic rings. The van der Waals surface area contributed by atoms with Gasteiger partial charge < -0.3 is 9.32 Å². The molecule has 0 radical (unpaired) electrons. The van der Waals surface area contributed by atoms with E-state index in [1.165, 1.54) is 21.9 Å². The van der Waals surface area contributed by atoms with E-state index in [4.69, 9.17) is 4.42 Å². The first kappa shape index (κ1) is 20.5. The van der Waals surface area contributed by atoms with E-state index in [1.807, 2.05) is 0 Å². The average molecular weight is 462 g/mol. The van der Waals surface area contributed by atoms with E-state index in [9.17, 15) is 0 Å². The third kappa shape index (κ3) is 3.35. The van der Waals surface area contributed by atoms with Gasteiger partial charge in [0.25, 0.3) is 0 Å².